The van der Waals surface area contributed by atoms with Gasteiger partial charge < -0.3 is 4.74 Å². The van der Waals surface area contributed by atoms with Crippen LogP contribution >= 0.6 is 0 Å². The predicted molar refractivity (Wildman–Crippen MR) is 225 cm³/mol. The van der Waals surface area contributed by atoms with Gasteiger partial charge in [0.25, 0.3) is 0 Å². The number of ether oxygens (including phenoxy) is 1. The van der Waals surface area contributed by atoms with Crippen molar-refractivity contribution in [1.29, 1.82) is 0 Å². The average molecular weight is 678 g/mol. The first kappa shape index (κ1) is 54.8. The standard InChI is InChI=1S/C13H26.C12H24O.2C10H22.CH4.B/c1-12(2,3)11(13(4,5)6)10-8-7-9-10;1-11(2,3)10(12(4,5)6)9-7-13-8-9;2*1-8(9(2,3)4)10(5,6)7;;/h10-11H,7-9H2,1-6H3;9-10H,7-8H2,1-6H3;2*8H,1-7H3;1H4;. The smallest absolute Gasteiger partial charge is 0.0519 e. The molecule has 1 aliphatic carbocycles. The van der Waals surface area contributed by atoms with Crippen LogP contribution in [-0.2, 0) is 4.74 Å². The SMILES string of the molecule is C.CC(C(C)(C)C)C(C)(C)C.CC(C(C)(C)C)C(C)(C)C.CC(C)(C)C(C1CCC1)C(C)(C)C.CC(C)(C)C(C1COC1)C(C)(C)C.[B]. The lowest BCUT2D eigenvalue weighted by Crippen LogP contribution is -2.46. The first-order chi connectivity index (χ1) is 19.8. The summed E-state index contributed by atoms with van der Waals surface area (Å²) in [5, 5.41) is 0. The van der Waals surface area contributed by atoms with Gasteiger partial charge in [0.2, 0.25) is 0 Å². The normalized spacial score (nSPS) is 17.1. The molecule has 1 heterocycles. The second kappa shape index (κ2) is 19.2. The van der Waals surface area contributed by atoms with Crippen LogP contribution in [0.4, 0.5) is 0 Å². The molecule has 0 spiro atoms. The fraction of sp³-hybridized carbons (Fsp3) is 1.00. The van der Waals surface area contributed by atoms with Crippen LogP contribution in [0.1, 0.15) is 207 Å². The van der Waals surface area contributed by atoms with Gasteiger partial charge in [-0.25, -0.2) is 0 Å². The molecule has 1 nitrogen and oxygen atoms in total. The number of rotatable bonds is 2. The number of hydrogen-bond donors (Lipinski definition) is 0. The molecule has 3 radical (unpaired) electrons. The quantitative estimate of drug-likeness (QED) is 0.264. The minimum atomic E-state index is 0. The van der Waals surface area contributed by atoms with Gasteiger partial charge in [0, 0.05) is 14.3 Å². The first-order valence-electron chi connectivity index (χ1n) is 19.3. The highest BCUT2D eigenvalue weighted by atomic mass is 16.5. The Morgan fingerprint density at radius 3 is 0.625 bits per heavy atom. The molecule has 0 aromatic carbocycles. The van der Waals surface area contributed by atoms with Gasteiger partial charge in [0.1, 0.15) is 0 Å². The summed E-state index contributed by atoms with van der Waals surface area (Å²) in [6.45, 7) is 62.8. The van der Waals surface area contributed by atoms with Crippen LogP contribution in [0, 0.1) is 78.8 Å². The van der Waals surface area contributed by atoms with Gasteiger partial charge in [-0.05, 0) is 72.9 Å². The molecular formula is C46H98BO. The van der Waals surface area contributed by atoms with Crippen molar-refractivity contribution in [3.63, 3.8) is 0 Å². The van der Waals surface area contributed by atoms with Gasteiger partial charge in [0.15, 0.2) is 0 Å². The summed E-state index contributed by atoms with van der Waals surface area (Å²) in [4.78, 5) is 0. The summed E-state index contributed by atoms with van der Waals surface area (Å²) >= 11 is 0. The largest absolute Gasteiger partial charge is 0.381 e. The molecule has 0 amide bonds. The zero-order chi connectivity index (χ0) is 37.7. The molecule has 1 aliphatic heterocycles. The molecule has 0 bridgehead atoms. The van der Waals surface area contributed by atoms with E-state index in [1.807, 2.05) is 0 Å². The summed E-state index contributed by atoms with van der Waals surface area (Å²) in [6.07, 6.45) is 4.41. The van der Waals surface area contributed by atoms with Crippen LogP contribution in [0.15, 0.2) is 0 Å². The van der Waals surface area contributed by atoms with Crippen molar-refractivity contribution in [2.75, 3.05) is 13.2 Å². The van der Waals surface area contributed by atoms with E-state index in [1.54, 1.807) is 0 Å². The van der Waals surface area contributed by atoms with E-state index in [-0.39, 0.29) is 15.8 Å². The summed E-state index contributed by atoms with van der Waals surface area (Å²) in [5.74, 6) is 4.95. The Kier molecular flexibility index (Phi) is 21.9. The van der Waals surface area contributed by atoms with Crippen LogP contribution < -0.4 is 0 Å². The number of hydrogen-bond acceptors (Lipinski definition) is 1. The summed E-state index contributed by atoms with van der Waals surface area (Å²) in [7, 11) is 0. The van der Waals surface area contributed by atoms with Gasteiger partial charge in [-0.2, -0.15) is 0 Å². The third-order valence-electron chi connectivity index (χ3n) is 11.7. The van der Waals surface area contributed by atoms with Crippen molar-refractivity contribution < 1.29 is 4.74 Å². The fourth-order valence-corrected chi connectivity index (χ4v) is 9.24. The lowest BCUT2D eigenvalue weighted by atomic mass is 9.56. The van der Waals surface area contributed by atoms with Gasteiger partial charge in [0.05, 0.1) is 13.2 Å². The van der Waals surface area contributed by atoms with E-state index in [1.165, 1.54) is 19.3 Å². The summed E-state index contributed by atoms with van der Waals surface area (Å²) < 4.78 is 5.31. The van der Waals surface area contributed by atoms with Crippen molar-refractivity contribution in [3.8, 4) is 0 Å². The Labute approximate surface area is 311 Å². The molecule has 2 rings (SSSR count). The van der Waals surface area contributed by atoms with E-state index in [0.717, 1.165) is 48.7 Å². The molecule has 0 aromatic heterocycles. The first-order valence-corrected chi connectivity index (χ1v) is 19.3. The second-order valence-corrected chi connectivity index (χ2v) is 24.3. The van der Waals surface area contributed by atoms with Gasteiger partial charge in [-0.3, -0.25) is 0 Å². The molecule has 1 saturated carbocycles. The topological polar surface area (TPSA) is 9.23 Å². The van der Waals surface area contributed by atoms with Crippen molar-refractivity contribution in [2.24, 2.45) is 78.8 Å². The Bertz CT molecular complexity index is 690. The highest BCUT2D eigenvalue weighted by molar-refractivity contribution is 5.75. The zero-order valence-electron chi connectivity index (χ0n) is 38.0. The molecule has 2 aliphatic rings. The van der Waals surface area contributed by atoms with Gasteiger partial charge in [-0.1, -0.05) is 207 Å². The molecule has 2 fully saturated rings. The van der Waals surface area contributed by atoms with Crippen molar-refractivity contribution in [1.82, 2.24) is 0 Å². The van der Waals surface area contributed by atoms with Crippen LogP contribution in [0.5, 0.6) is 0 Å². The van der Waals surface area contributed by atoms with E-state index >= 15 is 0 Å². The second-order valence-electron chi connectivity index (χ2n) is 24.3. The third kappa shape index (κ3) is 20.2. The van der Waals surface area contributed by atoms with Crippen LogP contribution in [0.25, 0.3) is 0 Å². The summed E-state index contributed by atoms with van der Waals surface area (Å²) in [5.41, 5.74) is 3.51. The van der Waals surface area contributed by atoms with Crippen molar-refractivity contribution in [2.45, 2.75) is 207 Å². The molecule has 48 heavy (non-hydrogen) atoms. The minimum absolute atomic E-state index is 0. The van der Waals surface area contributed by atoms with E-state index in [9.17, 15) is 0 Å². The Morgan fingerprint density at radius 2 is 0.583 bits per heavy atom. The lowest BCUT2D eigenvalue weighted by molar-refractivity contribution is -0.115. The van der Waals surface area contributed by atoms with E-state index < -0.39 is 0 Å². The third-order valence-corrected chi connectivity index (χ3v) is 11.7. The Morgan fingerprint density at radius 1 is 0.375 bits per heavy atom. The molecule has 0 atom stereocenters. The zero-order valence-corrected chi connectivity index (χ0v) is 38.0. The fourth-order valence-electron chi connectivity index (χ4n) is 9.24. The lowest BCUT2D eigenvalue weighted by Gasteiger charge is -2.49. The molecule has 0 unspecified atom stereocenters. The minimum Gasteiger partial charge on any atom is -0.381 e. The molecule has 291 valence electrons. The monoisotopic (exact) mass is 678 g/mol. The highest BCUT2D eigenvalue weighted by Gasteiger charge is 2.44. The molecule has 1 saturated heterocycles. The van der Waals surface area contributed by atoms with Crippen LogP contribution in [0.3, 0.4) is 0 Å². The maximum atomic E-state index is 5.31. The summed E-state index contributed by atoms with van der Waals surface area (Å²) in [6, 6.07) is 0. The molecule has 2 heteroatoms. The molecular weight excluding hydrogens is 579 g/mol. The Balaban J connectivity index is -0.000000268. The van der Waals surface area contributed by atoms with E-state index in [0.29, 0.717) is 43.3 Å². The highest BCUT2D eigenvalue weighted by Crippen LogP contribution is 2.51. The van der Waals surface area contributed by atoms with Gasteiger partial charge >= 0.3 is 0 Å². The van der Waals surface area contributed by atoms with E-state index in [2.05, 4.69) is 180 Å². The van der Waals surface area contributed by atoms with E-state index in [4.69, 9.17) is 4.74 Å². The molecule has 0 aromatic rings. The maximum Gasteiger partial charge on any atom is 0.0519 e. The average Bonchev–Trinajstić information content (AvgIpc) is 2.67. The van der Waals surface area contributed by atoms with Crippen molar-refractivity contribution >= 4 is 8.41 Å². The van der Waals surface area contributed by atoms with Gasteiger partial charge in [-0.15, -0.1) is 0 Å². The predicted octanol–water partition coefficient (Wildman–Crippen LogP) is 15.5. The Hall–Kier alpha value is 0.0249. The van der Waals surface area contributed by atoms with Crippen LogP contribution in [-0.4, -0.2) is 21.6 Å². The van der Waals surface area contributed by atoms with Crippen molar-refractivity contribution in [3.05, 3.63) is 0 Å². The van der Waals surface area contributed by atoms with Crippen LogP contribution in [0.2, 0.25) is 0 Å². The maximum absolute atomic E-state index is 5.31. The molecule has 0 N–H and O–H groups in total.